The van der Waals surface area contributed by atoms with E-state index in [0.717, 1.165) is 11.8 Å². The molecule has 10 heteroatoms. The number of hydrogen-bond donors (Lipinski definition) is 1. The molecule has 1 aromatic rings. The summed E-state index contributed by atoms with van der Waals surface area (Å²) in [4.78, 5) is 32.5. The van der Waals surface area contributed by atoms with Crippen LogP contribution in [0.15, 0.2) is 18.2 Å². The molecule has 130 valence electrons. The number of carboxylic acid groups (broad SMARTS) is 1. The van der Waals surface area contributed by atoms with Crippen LogP contribution in [0.4, 0.5) is 0 Å². The third kappa shape index (κ3) is 4.75. The van der Waals surface area contributed by atoms with Crippen LogP contribution in [0.3, 0.4) is 0 Å². The fraction of sp³-hybridized carbons (Fsp3) is 0.429. The normalized spacial score (nSPS) is 14.7. The van der Waals surface area contributed by atoms with Gasteiger partial charge in [0, 0.05) is 17.6 Å². The molecule has 9 nitrogen and oxygen atoms in total. The van der Waals surface area contributed by atoms with Crippen molar-refractivity contribution in [2.45, 2.75) is 18.2 Å². The third-order valence-electron chi connectivity index (χ3n) is 3.21. The smallest absolute Gasteiger partial charge is 0.231 e. The molecule has 1 N–H and O–H groups in total. The second-order valence-corrected chi connectivity index (χ2v) is 6.26. The molecule has 1 amide bonds. The number of nitro groups is 1. The maximum Gasteiger partial charge on any atom is 0.231 e. The molecule has 1 aromatic carbocycles. The summed E-state index contributed by atoms with van der Waals surface area (Å²) in [5.74, 6) is -0.981. The van der Waals surface area contributed by atoms with Gasteiger partial charge in [-0.3, -0.25) is 14.9 Å². The van der Waals surface area contributed by atoms with Crippen molar-refractivity contribution < 1.29 is 29.1 Å². The van der Waals surface area contributed by atoms with Gasteiger partial charge in [0.25, 0.3) is 0 Å². The first kappa shape index (κ1) is 17.9. The average Bonchev–Trinajstić information content (AvgIpc) is 2.96. The van der Waals surface area contributed by atoms with Gasteiger partial charge in [-0.15, -0.1) is 11.8 Å². The van der Waals surface area contributed by atoms with Crippen molar-refractivity contribution in [1.29, 1.82) is 0 Å². The molecule has 0 bridgehead atoms. The van der Waals surface area contributed by atoms with Gasteiger partial charge < -0.3 is 24.7 Å². The Morgan fingerprint density at radius 1 is 1.38 bits per heavy atom. The highest BCUT2D eigenvalue weighted by atomic mass is 32.2. The van der Waals surface area contributed by atoms with Crippen molar-refractivity contribution in [1.82, 2.24) is 5.32 Å². The zero-order valence-corrected chi connectivity index (χ0v) is 13.5. The number of carboxylic acids is 1. The highest BCUT2D eigenvalue weighted by molar-refractivity contribution is 7.99. The van der Waals surface area contributed by atoms with Crippen molar-refractivity contribution in [3.8, 4) is 11.5 Å². The monoisotopic (exact) mass is 355 g/mol. The number of nitrogens with zero attached hydrogens (tertiary/aromatic N) is 1. The Balaban J connectivity index is 2.11. The van der Waals surface area contributed by atoms with E-state index in [2.05, 4.69) is 5.32 Å². The summed E-state index contributed by atoms with van der Waals surface area (Å²) in [5, 5.41) is 23.6. The number of nitrogens with one attached hydrogen (secondary N) is 1. The van der Waals surface area contributed by atoms with E-state index in [-0.39, 0.29) is 12.5 Å². The van der Waals surface area contributed by atoms with Gasteiger partial charge in [-0.2, -0.15) is 0 Å². The second-order valence-electron chi connectivity index (χ2n) is 5.02. The lowest BCUT2D eigenvalue weighted by molar-refractivity contribution is -0.479. The second kappa shape index (κ2) is 7.86. The van der Waals surface area contributed by atoms with Crippen molar-refractivity contribution in [2.75, 3.05) is 19.1 Å². The molecular weight excluding hydrogens is 340 g/mol. The number of carbonyl (C=O) groups is 2. The highest BCUT2D eigenvalue weighted by Gasteiger charge is 2.24. The van der Waals surface area contributed by atoms with Gasteiger partial charge in [0.05, 0.1) is 17.3 Å². The van der Waals surface area contributed by atoms with Gasteiger partial charge >= 0.3 is 0 Å². The summed E-state index contributed by atoms with van der Waals surface area (Å²) in [7, 11) is 0. The van der Waals surface area contributed by atoms with Crippen molar-refractivity contribution in [2.24, 2.45) is 0 Å². The minimum absolute atomic E-state index is 0.0607. The lowest BCUT2D eigenvalue weighted by Crippen LogP contribution is -2.48. The molecule has 24 heavy (non-hydrogen) atoms. The van der Waals surface area contributed by atoms with E-state index < -0.39 is 34.6 Å². The Morgan fingerprint density at radius 3 is 2.71 bits per heavy atom. The van der Waals surface area contributed by atoms with Crippen LogP contribution in [0.2, 0.25) is 0 Å². The van der Waals surface area contributed by atoms with Crippen LogP contribution in [0.1, 0.15) is 17.7 Å². The molecule has 1 aliphatic rings. The fourth-order valence-corrected chi connectivity index (χ4v) is 3.34. The van der Waals surface area contributed by atoms with Crippen molar-refractivity contribution in [3.63, 3.8) is 0 Å². The summed E-state index contributed by atoms with van der Waals surface area (Å²) >= 11 is 1.05. The number of ether oxygens (including phenoxy) is 2. The van der Waals surface area contributed by atoms with Gasteiger partial charge in [0.2, 0.25) is 19.2 Å². The van der Waals surface area contributed by atoms with E-state index in [1.54, 1.807) is 18.2 Å². The maximum atomic E-state index is 11.1. The lowest BCUT2D eigenvalue weighted by Gasteiger charge is -2.21. The highest BCUT2D eigenvalue weighted by Crippen LogP contribution is 2.38. The molecular formula is C14H15N2O7S-. The Labute approximate surface area is 141 Å². The van der Waals surface area contributed by atoms with E-state index in [0.29, 0.717) is 17.1 Å². The minimum Gasteiger partial charge on any atom is -0.548 e. The van der Waals surface area contributed by atoms with E-state index in [9.17, 15) is 24.8 Å². The number of amides is 1. The molecule has 2 atom stereocenters. The summed E-state index contributed by atoms with van der Waals surface area (Å²) in [6.45, 7) is 0.873. The molecule has 0 fully saturated rings. The van der Waals surface area contributed by atoms with Gasteiger partial charge in [0.1, 0.15) is 0 Å². The molecule has 2 rings (SSSR count). The number of rotatable bonds is 8. The zero-order valence-electron chi connectivity index (χ0n) is 12.7. The Morgan fingerprint density at radius 2 is 2.08 bits per heavy atom. The summed E-state index contributed by atoms with van der Waals surface area (Å²) in [6, 6.07) is 3.72. The number of hydrogen-bond acceptors (Lipinski definition) is 8. The van der Waals surface area contributed by atoms with Crippen molar-refractivity contribution in [3.05, 3.63) is 33.9 Å². The molecule has 0 saturated carbocycles. The minimum atomic E-state index is -1.44. The number of fused-ring (bicyclic) bond motifs is 1. The first-order valence-corrected chi connectivity index (χ1v) is 8.02. The predicted molar refractivity (Wildman–Crippen MR) is 82.2 cm³/mol. The molecule has 0 unspecified atom stereocenters. The van der Waals surface area contributed by atoms with Gasteiger partial charge in [-0.05, 0) is 17.7 Å². The first-order chi connectivity index (χ1) is 11.4. The Kier molecular flexibility index (Phi) is 5.85. The summed E-state index contributed by atoms with van der Waals surface area (Å²) in [5.41, 5.74) is 0.612. The van der Waals surface area contributed by atoms with Crippen LogP contribution >= 0.6 is 11.8 Å². The SMILES string of the molecule is CC(=O)N[C@@H](CS[C@H](C[N+](=O)[O-])c1ccc2c(c1)OCO2)C(=O)[O-]. The topological polar surface area (TPSA) is 131 Å². The molecule has 0 spiro atoms. The number of thioether (sulfide) groups is 1. The van der Waals surface area contributed by atoms with Gasteiger partial charge in [-0.1, -0.05) is 6.07 Å². The first-order valence-electron chi connectivity index (χ1n) is 6.97. The van der Waals surface area contributed by atoms with Crippen molar-refractivity contribution >= 4 is 23.6 Å². The number of benzene rings is 1. The Bertz CT molecular complexity index is 652. The largest absolute Gasteiger partial charge is 0.548 e. The van der Waals surface area contributed by atoms with Crippen LogP contribution in [0.5, 0.6) is 11.5 Å². The van der Waals surface area contributed by atoms with E-state index in [1.807, 2.05) is 0 Å². The van der Waals surface area contributed by atoms with Gasteiger partial charge in [0.15, 0.2) is 11.5 Å². The van der Waals surface area contributed by atoms with E-state index >= 15 is 0 Å². The molecule has 1 heterocycles. The summed E-state index contributed by atoms with van der Waals surface area (Å²) in [6.07, 6.45) is 0. The molecule has 0 saturated heterocycles. The molecule has 0 radical (unpaired) electrons. The Hall–Kier alpha value is -2.49. The van der Waals surface area contributed by atoms with E-state index in [1.165, 1.54) is 6.92 Å². The number of carbonyl (C=O) groups excluding carboxylic acids is 2. The van der Waals surface area contributed by atoms with Gasteiger partial charge in [-0.25, -0.2) is 0 Å². The predicted octanol–water partition coefficient (Wildman–Crippen LogP) is -0.279. The van der Waals surface area contributed by atoms with Crippen LogP contribution in [-0.4, -0.2) is 41.9 Å². The van der Waals surface area contributed by atoms with Crippen LogP contribution in [0.25, 0.3) is 0 Å². The van der Waals surface area contributed by atoms with E-state index in [4.69, 9.17) is 9.47 Å². The maximum absolute atomic E-state index is 11.1. The lowest BCUT2D eigenvalue weighted by atomic mass is 10.1. The fourth-order valence-electron chi connectivity index (χ4n) is 2.13. The standard InChI is InChI=1S/C14H16N2O7S/c1-8(17)15-10(14(18)19)6-24-13(5-16(20)21)9-2-3-11-12(4-9)23-7-22-11/h2-4,10,13H,5-7H2,1H3,(H,15,17)(H,18,19)/p-1/t10-,13+/m0/s1. The molecule has 1 aliphatic heterocycles. The number of aliphatic carboxylic acids is 1. The quantitative estimate of drug-likeness (QED) is 0.498. The molecule has 0 aromatic heterocycles. The van der Waals surface area contributed by atoms with Crippen LogP contribution in [-0.2, 0) is 9.59 Å². The molecule has 0 aliphatic carbocycles. The van der Waals surface area contributed by atoms with Crippen LogP contribution in [0, 0.1) is 10.1 Å². The zero-order chi connectivity index (χ0) is 17.7. The summed E-state index contributed by atoms with van der Waals surface area (Å²) < 4.78 is 10.4. The van der Waals surface area contributed by atoms with Crippen LogP contribution < -0.4 is 19.9 Å². The third-order valence-corrected chi connectivity index (χ3v) is 4.56. The average molecular weight is 355 g/mol.